The van der Waals surface area contributed by atoms with Crippen molar-refractivity contribution >= 4 is 28.8 Å². The topological polar surface area (TPSA) is 48.0 Å². The summed E-state index contributed by atoms with van der Waals surface area (Å²) >= 11 is 1.84. The van der Waals surface area contributed by atoms with Crippen molar-refractivity contribution in [2.45, 2.75) is 62.9 Å². The summed E-state index contributed by atoms with van der Waals surface area (Å²) in [6.07, 6.45) is 1.09. The van der Waals surface area contributed by atoms with Crippen molar-refractivity contribution in [3.05, 3.63) is 34.9 Å². The number of hydrogen-bond donors (Lipinski definition) is 2. The molecule has 31 heavy (non-hydrogen) atoms. The van der Waals surface area contributed by atoms with Crippen molar-refractivity contribution < 1.29 is 9.84 Å². The number of nitrogens with one attached hydrogen (secondary N) is 1. The Morgan fingerprint density at radius 1 is 1.16 bits per heavy atom. The average Bonchev–Trinajstić information content (AvgIpc) is 2.78. The molecular formula is C25H35N3O2S. The van der Waals surface area contributed by atoms with Gasteiger partial charge in [0.2, 0.25) is 0 Å². The fourth-order valence-electron chi connectivity index (χ4n) is 5.13. The first-order chi connectivity index (χ1) is 14.9. The molecule has 0 radical (unpaired) electrons. The second-order valence-corrected chi connectivity index (χ2v) is 9.85. The minimum Gasteiger partial charge on any atom is -0.496 e. The maximum absolute atomic E-state index is 9.47. The second kappa shape index (κ2) is 8.93. The van der Waals surface area contributed by atoms with E-state index in [2.05, 4.69) is 67.9 Å². The van der Waals surface area contributed by atoms with Gasteiger partial charge in [-0.15, -0.1) is 0 Å². The summed E-state index contributed by atoms with van der Waals surface area (Å²) in [7, 11) is 1.76. The zero-order chi connectivity index (χ0) is 22.3. The van der Waals surface area contributed by atoms with E-state index in [1.165, 1.54) is 43.5 Å². The van der Waals surface area contributed by atoms with Gasteiger partial charge in [-0.3, -0.25) is 4.90 Å². The maximum atomic E-state index is 9.47. The van der Waals surface area contributed by atoms with Crippen molar-refractivity contribution in [2.75, 3.05) is 43.6 Å². The molecule has 2 aromatic carbocycles. The highest BCUT2D eigenvalue weighted by atomic mass is 32.2. The van der Waals surface area contributed by atoms with Crippen LogP contribution in [0, 0.1) is 20.8 Å². The first-order valence-corrected chi connectivity index (χ1v) is 12.1. The molecule has 2 heterocycles. The quantitative estimate of drug-likeness (QED) is 0.574. The summed E-state index contributed by atoms with van der Waals surface area (Å²) in [5.41, 5.74) is 7.31. The molecule has 2 aliphatic heterocycles. The Hall–Kier alpha value is -1.89. The van der Waals surface area contributed by atoms with Gasteiger partial charge in [-0.1, -0.05) is 18.7 Å². The zero-order valence-corrected chi connectivity index (χ0v) is 20.4. The summed E-state index contributed by atoms with van der Waals surface area (Å²) in [5, 5.41) is 13.2. The lowest BCUT2D eigenvalue weighted by Gasteiger charge is -2.46. The number of nitrogens with zero attached hydrogens (tertiary/aromatic N) is 2. The van der Waals surface area contributed by atoms with Gasteiger partial charge in [-0.25, -0.2) is 0 Å². The van der Waals surface area contributed by atoms with Crippen LogP contribution in [0.15, 0.2) is 28.0 Å². The van der Waals surface area contributed by atoms with Crippen molar-refractivity contribution in [3.8, 4) is 5.75 Å². The summed E-state index contributed by atoms with van der Waals surface area (Å²) in [5.74, 6) is 0.991. The fourth-order valence-corrected chi connectivity index (χ4v) is 6.32. The average molecular weight is 442 g/mol. The minimum absolute atomic E-state index is 0.225. The largest absolute Gasteiger partial charge is 0.496 e. The number of anilines is 3. The molecule has 0 amide bonds. The van der Waals surface area contributed by atoms with Gasteiger partial charge < -0.3 is 20.1 Å². The van der Waals surface area contributed by atoms with Crippen LogP contribution >= 0.6 is 11.8 Å². The molecule has 2 N–H and O–H groups in total. The predicted octanol–water partition coefficient (Wildman–Crippen LogP) is 5.11. The van der Waals surface area contributed by atoms with Gasteiger partial charge in [0.25, 0.3) is 0 Å². The number of hydrogen-bond acceptors (Lipinski definition) is 6. The number of methoxy groups -OCH3 is 1. The van der Waals surface area contributed by atoms with Gasteiger partial charge >= 0.3 is 0 Å². The minimum atomic E-state index is 0.225. The molecule has 0 spiro atoms. The molecule has 1 saturated heterocycles. The van der Waals surface area contributed by atoms with Gasteiger partial charge in [0.05, 0.1) is 25.1 Å². The Morgan fingerprint density at radius 2 is 1.94 bits per heavy atom. The van der Waals surface area contributed by atoms with Gasteiger partial charge in [0.1, 0.15) is 5.75 Å². The number of aliphatic hydroxyl groups is 1. The number of benzene rings is 2. The van der Waals surface area contributed by atoms with E-state index in [-0.39, 0.29) is 6.61 Å². The molecule has 168 valence electrons. The number of rotatable bonds is 5. The van der Waals surface area contributed by atoms with E-state index in [0.717, 1.165) is 31.8 Å². The van der Waals surface area contributed by atoms with E-state index in [1.807, 2.05) is 11.8 Å². The molecule has 2 atom stereocenters. The van der Waals surface area contributed by atoms with Crippen molar-refractivity contribution in [2.24, 2.45) is 0 Å². The normalized spacial score (nSPS) is 20.8. The van der Waals surface area contributed by atoms with Crippen LogP contribution in [0.4, 0.5) is 17.1 Å². The lowest BCUT2D eigenvalue weighted by atomic mass is 10.0. The molecule has 1 fully saturated rings. The van der Waals surface area contributed by atoms with Crippen molar-refractivity contribution in [1.29, 1.82) is 0 Å². The molecule has 6 heteroatoms. The molecule has 0 aliphatic carbocycles. The molecule has 2 unspecified atom stereocenters. The van der Waals surface area contributed by atoms with Crippen LogP contribution in [0.2, 0.25) is 0 Å². The Morgan fingerprint density at radius 3 is 2.61 bits per heavy atom. The third-order valence-corrected chi connectivity index (χ3v) is 8.24. The van der Waals surface area contributed by atoms with Crippen LogP contribution in [-0.2, 0) is 0 Å². The summed E-state index contributed by atoms with van der Waals surface area (Å²) in [6.45, 7) is 13.9. The second-order valence-electron chi connectivity index (χ2n) is 8.80. The molecule has 2 aliphatic rings. The van der Waals surface area contributed by atoms with Crippen LogP contribution in [0.1, 0.15) is 37.0 Å². The number of piperazine rings is 1. The third kappa shape index (κ3) is 3.90. The first kappa shape index (κ1) is 22.3. The van der Waals surface area contributed by atoms with E-state index < -0.39 is 0 Å². The lowest BCUT2D eigenvalue weighted by Crippen LogP contribution is -2.58. The molecule has 0 bridgehead atoms. The lowest BCUT2D eigenvalue weighted by molar-refractivity contribution is 0.0918. The highest BCUT2D eigenvalue weighted by Gasteiger charge is 2.31. The van der Waals surface area contributed by atoms with Gasteiger partial charge in [-0.05, 0) is 63.4 Å². The number of fused-ring (bicyclic) bond motifs is 2. The summed E-state index contributed by atoms with van der Waals surface area (Å²) in [4.78, 5) is 7.49. The number of ether oxygens (including phenoxy) is 1. The van der Waals surface area contributed by atoms with Gasteiger partial charge in [-0.2, -0.15) is 0 Å². The van der Waals surface area contributed by atoms with Crippen LogP contribution in [0.5, 0.6) is 5.75 Å². The smallest absolute Gasteiger partial charge is 0.126 e. The molecule has 0 saturated carbocycles. The van der Waals surface area contributed by atoms with Crippen LogP contribution in [-0.4, -0.2) is 55.4 Å². The standard InChI is InChI=1S/C25H35N3O2S/c1-7-19-14-27(13-15(2)28(19)10-11-29)20-8-9-21-22(12-20)31-25-18(5)24(30-6)17(4)16(3)23(25)26-21/h8-9,12,15,19,26,29H,7,10-11,13-14H2,1-6H3. The van der Waals surface area contributed by atoms with Gasteiger partial charge in [0.15, 0.2) is 0 Å². The zero-order valence-electron chi connectivity index (χ0n) is 19.6. The molecule has 4 rings (SSSR count). The van der Waals surface area contributed by atoms with Crippen molar-refractivity contribution in [3.63, 3.8) is 0 Å². The Labute approximate surface area is 190 Å². The van der Waals surface area contributed by atoms with E-state index in [1.54, 1.807) is 7.11 Å². The van der Waals surface area contributed by atoms with E-state index in [9.17, 15) is 5.11 Å². The Bertz CT molecular complexity index is 978. The predicted molar refractivity (Wildman–Crippen MR) is 131 cm³/mol. The highest BCUT2D eigenvalue weighted by Crippen LogP contribution is 2.51. The molecule has 0 aromatic heterocycles. The van der Waals surface area contributed by atoms with E-state index >= 15 is 0 Å². The van der Waals surface area contributed by atoms with Crippen LogP contribution < -0.4 is 15.0 Å². The molecule has 5 nitrogen and oxygen atoms in total. The number of β-amino-alcohol motifs (C(OH)–C–C–N with tert-alkyl or cyclic N) is 1. The number of aliphatic hydroxyl groups excluding tert-OH is 1. The highest BCUT2D eigenvalue weighted by molar-refractivity contribution is 7.99. The third-order valence-electron chi connectivity index (χ3n) is 6.97. The summed E-state index contributed by atoms with van der Waals surface area (Å²) < 4.78 is 5.72. The monoisotopic (exact) mass is 441 g/mol. The van der Waals surface area contributed by atoms with Crippen molar-refractivity contribution in [1.82, 2.24) is 4.90 Å². The Balaban J connectivity index is 1.64. The fraction of sp³-hybridized carbons (Fsp3) is 0.520. The maximum Gasteiger partial charge on any atom is 0.126 e. The van der Waals surface area contributed by atoms with E-state index in [4.69, 9.17) is 4.74 Å². The summed E-state index contributed by atoms with van der Waals surface area (Å²) in [6, 6.07) is 7.69. The molecule has 2 aromatic rings. The Kier molecular flexibility index (Phi) is 6.42. The van der Waals surface area contributed by atoms with Crippen LogP contribution in [0.3, 0.4) is 0 Å². The van der Waals surface area contributed by atoms with Crippen LogP contribution in [0.25, 0.3) is 0 Å². The van der Waals surface area contributed by atoms with E-state index in [0.29, 0.717) is 12.1 Å². The molecular weight excluding hydrogens is 406 g/mol. The SMILES string of the molecule is CCC1CN(c2ccc3c(c2)Sc2c(C)c(OC)c(C)c(C)c2N3)CC(C)N1CCO. The first-order valence-electron chi connectivity index (χ1n) is 11.3. The van der Waals surface area contributed by atoms with Gasteiger partial charge in [0, 0.05) is 52.8 Å².